The highest BCUT2D eigenvalue weighted by molar-refractivity contribution is 6.34. The lowest BCUT2D eigenvalue weighted by molar-refractivity contribution is -0.138. The average molecular weight is 578 g/mol. The SMILES string of the molecule is CC1=C(C(=O)Nc2ccc3[nH]ncc3c2)C(c2ccc(C(F)(F)F)cc2)N=C(c2cc(C(F)(F)F)ccc2Cl)N1. The number of nitrogens with zero attached hydrogens (tertiary/aromatic N) is 2. The predicted molar refractivity (Wildman–Crippen MR) is 138 cm³/mol. The minimum Gasteiger partial charge on any atom is -0.343 e. The second-order valence-electron chi connectivity index (χ2n) is 8.98. The molecule has 3 aromatic carbocycles. The molecule has 0 spiro atoms. The maximum Gasteiger partial charge on any atom is 0.416 e. The van der Waals surface area contributed by atoms with Crippen molar-refractivity contribution in [3.63, 3.8) is 0 Å². The van der Waals surface area contributed by atoms with Gasteiger partial charge in [-0.25, -0.2) is 0 Å². The number of carbonyl (C=O) groups is 1. The smallest absolute Gasteiger partial charge is 0.343 e. The first-order chi connectivity index (χ1) is 18.8. The van der Waals surface area contributed by atoms with Crippen LogP contribution < -0.4 is 10.6 Å². The van der Waals surface area contributed by atoms with Gasteiger partial charge in [0.05, 0.1) is 33.4 Å². The van der Waals surface area contributed by atoms with Crippen molar-refractivity contribution in [3.05, 3.63) is 105 Å². The van der Waals surface area contributed by atoms with Gasteiger partial charge in [-0.2, -0.15) is 31.4 Å². The van der Waals surface area contributed by atoms with Crippen LogP contribution in [-0.4, -0.2) is 21.9 Å². The van der Waals surface area contributed by atoms with E-state index in [2.05, 4.69) is 25.8 Å². The number of amides is 1. The van der Waals surface area contributed by atoms with Crippen molar-refractivity contribution in [1.82, 2.24) is 15.5 Å². The van der Waals surface area contributed by atoms with E-state index in [1.807, 2.05) is 0 Å². The maximum atomic E-state index is 13.5. The number of allylic oxidation sites excluding steroid dienone is 1. The standard InChI is InChI=1S/C27H18ClF6N5O/c1-13-22(25(40)37-18-7-9-21-15(10-18)12-35-39-21)23(14-2-4-16(5-3-14)26(29,30)31)38-24(36-13)19-11-17(27(32,33)34)6-8-20(19)28/h2-12,23H,1H3,(H,35,39)(H,36,38)(H,37,40). The van der Waals surface area contributed by atoms with Gasteiger partial charge in [-0.15, -0.1) is 0 Å². The van der Waals surface area contributed by atoms with Gasteiger partial charge in [-0.3, -0.25) is 14.9 Å². The Kier molecular flexibility index (Phi) is 6.82. The molecule has 0 radical (unpaired) electrons. The lowest BCUT2D eigenvalue weighted by atomic mass is 9.93. The van der Waals surface area contributed by atoms with E-state index in [1.54, 1.807) is 24.4 Å². The zero-order valence-corrected chi connectivity index (χ0v) is 21.1. The summed E-state index contributed by atoms with van der Waals surface area (Å²) in [5.74, 6) is -0.689. The number of nitrogens with one attached hydrogen (secondary N) is 3. The Morgan fingerprint density at radius 1 is 0.925 bits per heavy atom. The lowest BCUT2D eigenvalue weighted by Gasteiger charge is -2.27. The molecule has 0 saturated heterocycles. The topological polar surface area (TPSA) is 82.2 Å². The van der Waals surface area contributed by atoms with Crippen molar-refractivity contribution in [1.29, 1.82) is 0 Å². The fourth-order valence-corrected chi connectivity index (χ4v) is 4.51. The fourth-order valence-electron chi connectivity index (χ4n) is 4.30. The number of hydrogen-bond donors (Lipinski definition) is 3. The highest BCUT2D eigenvalue weighted by atomic mass is 35.5. The molecule has 40 heavy (non-hydrogen) atoms. The molecule has 0 aliphatic carbocycles. The van der Waals surface area contributed by atoms with Crippen LogP contribution in [0.2, 0.25) is 5.02 Å². The predicted octanol–water partition coefficient (Wildman–Crippen LogP) is 7.26. The molecule has 6 nitrogen and oxygen atoms in total. The molecule has 0 bridgehead atoms. The van der Waals surface area contributed by atoms with Gasteiger partial charge in [0.25, 0.3) is 5.91 Å². The summed E-state index contributed by atoms with van der Waals surface area (Å²) in [6, 6.07) is 10.6. The Morgan fingerprint density at radius 3 is 2.27 bits per heavy atom. The zero-order valence-electron chi connectivity index (χ0n) is 20.4. The number of hydrogen-bond acceptors (Lipinski definition) is 4. The normalized spacial score (nSPS) is 16.1. The molecule has 1 aromatic heterocycles. The van der Waals surface area contributed by atoms with Crippen molar-refractivity contribution in [2.45, 2.75) is 25.3 Å². The van der Waals surface area contributed by atoms with Gasteiger partial charge >= 0.3 is 12.4 Å². The van der Waals surface area contributed by atoms with Crippen molar-refractivity contribution in [2.75, 3.05) is 5.32 Å². The summed E-state index contributed by atoms with van der Waals surface area (Å²) >= 11 is 6.22. The number of rotatable bonds is 4. The van der Waals surface area contributed by atoms with Crippen LogP contribution >= 0.6 is 11.6 Å². The summed E-state index contributed by atoms with van der Waals surface area (Å²) in [5.41, 5.74) is -0.312. The first-order valence-corrected chi connectivity index (χ1v) is 12.0. The summed E-state index contributed by atoms with van der Waals surface area (Å²) in [6.07, 6.45) is -7.68. The summed E-state index contributed by atoms with van der Waals surface area (Å²) in [6.45, 7) is 1.52. The third-order valence-electron chi connectivity index (χ3n) is 6.29. The molecule has 13 heteroatoms. The highest BCUT2D eigenvalue weighted by Gasteiger charge is 2.35. The molecule has 2 heterocycles. The van der Waals surface area contributed by atoms with Gasteiger partial charge in [0.15, 0.2) is 0 Å². The zero-order chi connectivity index (χ0) is 28.8. The number of amidine groups is 1. The lowest BCUT2D eigenvalue weighted by Crippen LogP contribution is -2.34. The Bertz CT molecular complexity index is 1670. The fraction of sp³-hybridized carbons (Fsp3) is 0.148. The summed E-state index contributed by atoms with van der Waals surface area (Å²) in [4.78, 5) is 18.0. The van der Waals surface area contributed by atoms with E-state index < -0.39 is 35.4 Å². The number of anilines is 1. The Hall–Kier alpha value is -4.32. The van der Waals surface area contributed by atoms with Gasteiger partial charge < -0.3 is 10.6 Å². The Morgan fingerprint density at radius 2 is 1.60 bits per heavy atom. The monoisotopic (exact) mass is 577 g/mol. The molecule has 1 aliphatic heterocycles. The highest BCUT2D eigenvalue weighted by Crippen LogP contribution is 2.37. The molecule has 1 aliphatic rings. The number of aromatic nitrogens is 2. The van der Waals surface area contributed by atoms with Crippen LogP contribution in [-0.2, 0) is 17.1 Å². The molecular weight excluding hydrogens is 560 g/mol. The quantitative estimate of drug-likeness (QED) is 0.223. The van der Waals surface area contributed by atoms with E-state index in [1.165, 1.54) is 19.1 Å². The van der Waals surface area contributed by atoms with E-state index in [0.29, 0.717) is 5.69 Å². The molecular formula is C27H18ClF6N5O. The summed E-state index contributed by atoms with van der Waals surface area (Å²) in [5, 5.41) is 13.0. The largest absolute Gasteiger partial charge is 0.416 e. The van der Waals surface area contributed by atoms with Crippen LogP contribution in [0.5, 0.6) is 0 Å². The third-order valence-corrected chi connectivity index (χ3v) is 6.62. The molecule has 5 rings (SSSR count). The van der Waals surface area contributed by atoms with Gasteiger partial charge in [0, 0.05) is 22.3 Å². The van der Waals surface area contributed by atoms with Crippen LogP contribution in [0.1, 0.15) is 35.2 Å². The molecule has 4 aromatic rings. The number of carbonyl (C=O) groups excluding carboxylic acids is 1. The van der Waals surface area contributed by atoms with Crippen LogP contribution in [0.4, 0.5) is 32.0 Å². The first-order valence-electron chi connectivity index (χ1n) is 11.7. The van der Waals surface area contributed by atoms with E-state index >= 15 is 0 Å². The number of alkyl halides is 6. The number of aliphatic imine (C=N–C) groups is 1. The molecule has 1 atom stereocenters. The van der Waals surface area contributed by atoms with E-state index in [9.17, 15) is 31.1 Å². The van der Waals surface area contributed by atoms with Crippen molar-refractivity contribution in [2.24, 2.45) is 4.99 Å². The Balaban J connectivity index is 1.57. The second-order valence-corrected chi connectivity index (χ2v) is 9.39. The number of aromatic amines is 1. The molecule has 206 valence electrons. The molecule has 1 amide bonds. The molecule has 3 N–H and O–H groups in total. The van der Waals surface area contributed by atoms with Crippen LogP contribution in [0, 0.1) is 0 Å². The third kappa shape index (κ3) is 5.39. The second kappa shape index (κ2) is 10.0. The minimum atomic E-state index is -4.66. The van der Waals surface area contributed by atoms with Crippen LogP contribution in [0.3, 0.4) is 0 Å². The van der Waals surface area contributed by atoms with E-state index in [4.69, 9.17) is 11.6 Å². The van der Waals surface area contributed by atoms with Gasteiger partial charge in [-0.05, 0) is 61.0 Å². The van der Waals surface area contributed by atoms with Gasteiger partial charge in [0.2, 0.25) is 0 Å². The average Bonchev–Trinajstić information content (AvgIpc) is 3.35. The molecule has 0 fully saturated rings. The summed E-state index contributed by atoms with van der Waals surface area (Å²) in [7, 11) is 0. The minimum absolute atomic E-state index is 0.0421. The van der Waals surface area contributed by atoms with Crippen molar-refractivity contribution in [3.8, 4) is 0 Å². The van der Waals surface area contributed by atoms with Gasteiger partial charge in [-0.1, -0.05) is 23.7 Å². The van der Waals surface area contributed by atoms with Crippen LogP contribution in [0.15, 0.2) is 83.1 Å². The van der Waals surface area contributed by atoms with Crippen molar-refractivity contribution < 1.29 is 31.1 Å². The Labute approximate surface area is 227 Å². The number of fused-ring (bicyclic) bond motifs is 1. The van der Waals surface area contributed by atoms with Crippen molar-refractivity contribution >= 4 is 39.9 Å². The van der Waals surface area contributed by atoms with E-state index in [0.717, 1.165) is 41.2 Å². The van der Waals surface area contributed by atoms with E-state index in [-0.39, 0.29) is 33.3 Å². The first kappa shape index (κ1) is 27.3. The molecule has 0 saturated carbocycles. The number of H-pyrrole nitrogens is 1. The summed E-state index contributed by atoms with van der Waals surface area (Å²) < 4.78 is 79.8. The van der Waals surface area contributed by atoms with Gasteiger partial charge in [0.1, 0.15) is 11.9 Å². The number of benzene rings is 3. The molecule has 1 unspecified atom stereocenters. The van der Waals surface area contributed by atoms with Crippen LogP contribution in [0.25, 0.3) is 10.9 Å². The number of halogens is 7. The maximum absolute atomic E-state index is 13.5.